The van der Waals surface area contributed by atoms with E-state index in [2.05, 4.69) is 48.2 Å². The summed E-state index contributed by atoms with van der Waals surface area (Å²) in [6.07, 6.45) is 2.56. The molecule has 1 aliphatic rings. The zero-order chi connectivity index (χ0) is 13.6. The number of guanidine groups is 1. The minimum absolute atomic E-state index is 0.0613. The molecule has 4 nitrogen and oxygen atoms in total. The summed E-state index contributed by atoms with van der Waals surface area (Å²) >= 11 is 0. The zero-order valence-electron chi connectivity index (χ0n) is 12.7. The van der Waals surface area contributed by atoms with Gasteiger partial charge in [0.1, 0.15) is 0 Å². The van der Waals surface area contributed by atoms with E-state index in [0.717, 1.165) is 18.4 Å². The fourth-order valence-electron chi connectivity index (χ4n) is 2.37. The van der Waals surface area contributed by atoms with Gasteiger partial charge in [0.15, 0.2) is 5.96 Å². The first-order valence-electron chi connectivity index (χ1n) is 7.15. The maximum absolute atomic E-state index is 4.27. The van der Waals surface area contributed by atoms with E-state index in [4.69, 9.17) is 0 Å². The molecule has 0 aromatic heterocycles. The molecule has 0 amide bonds. The van der Waals surface area contributed by atoms with Crippen molar-refractivity contribution >= 4 is 5.96 Å². The van der Waals surface area contributed by atoms with Gasteiger partial charge in [0.05, 0.1) is 0 Å². The van der Waals surface area contributed by atoms with Crippen LogP contribution in [0.15, 0.2) is 4.99 Å². The molecule has 18 heavy (non-hydrogen) atoms. The van der Waals surface area contributed by atoms with Gasteiger partial charge in [0.25, 0.3) is 0 Å². The lowest BCUT2D eigenvalue weighted by Crippen LogP contribution is -2.48. The molecule has 0 bridgehead atoms. The van der Waals surface area contributed by atoms with Crippen LogP contribution in [0.5, 0.6) is 0 Å². The van der Waals surface area contributed by atoms with Crippen LogP contribution < -0.4 is 10.6 Å². The second-order valence-corrected chi connectivity index (χ2v) is 6.28. The molecule has 0 aromatic carbocycles. The van der Waals surface area contributed by atoms with Gasteiger partial charge in [0, 0.05) is 25.7 Å². The van der Waals surface area contributed by atoms with Crippen LogP contribution in [0.1, 0.15) is 40.5 Å². The molecule has 0 saturated carbocycles. The van der Waals surface area contributed by atoms with Crippen molar-refractivity contribution in [3.63, 3.8) is 0 Å². The van der Waals surface area contributed by atoms with Gasteiger partial charge < -0.3 is 15.5 Å². The van der Waals surface area contributed by atoms with Gasteiger partial charge in [-0.15, -0.1) is 0 Å². The fraction of sp³-hybridized carbons (Fsp3) is 0.929. The van der Waals surface area contributed by atoms with E-state index >= 15 is 0 Å². The van der Waals surface area contributed by atoms with Crippen molar-refractivity contribution < 1.29 is 0 Å². The number of nitrogens with one attached hydrogen (secondary N) is 2. The van der Waals surface area contributed by atoms with Gasteiger partial charge >= 0.3 is 0 Å². The maximum Gasteiger partial charge on any atom is 0.191 e. The number of nitrogens with zero attached hydrogens (tertiary/aromatic N) is 2. The van der Waals surface area contributed by atoms with Crippen LogP contribution in [-0.4, -0.2) is 49.6 Å². The van der Waals surface area contributed by atoms with Crippen molar-refractivity contribution in [2.45, 2.75) is 46.1 Å². The Morgan fingerprint density at radius 2 is 2.11 bits per heavy atom. The van der Waals surface area contributed by atoms with E-state index in [-0.39, 0.29) is 5.54 Å². The molecule has 106 valence electrons. The first kappa shape index (κ1) is 15.3. The smallest absolute Gasteiger partial charge is 0.191 e. The SMILES string of the molecule is CCCN1CCC(CNC(=NC)NC(C)(C)C)C1. The number of rotatable bonds is 4. The normalized spacial score (nSPS) is 22.3. The van der Waals surface area contributed by atoms with Gasteiger partial charge in [-0.1, -0.05) is 6.92 Å². The maximum atomic E-state index is 4.27. The quantitative estimate of drug-likeness (QED) is 0.592. The number of hydrogen-bond acceptors (Lipinski definition) is 2. The van der Waals surface area contributed by atoms with Crippen molar-refractivity contribution in [1.29, 1.82) is 0 Å². The standard InChI is InChI=1S/C14H30N4/c1-6-8-18-9-7-12(11-18)10-16-13(15-5)17-14(2,3)4/h12H,6-11H2,1-5H3,(H2,15,16,17). The van der Waals surface area contributed by atoms with E-state index in [1.807, 2.05) is 7.05 Å². The summed E-state index contributed by atoms with van der Waals surface area (Å²) in [4.78, 5) is 6.83. The minimum atomic E-state index is 0.0613. The first-order chi connectivity index (χ1) is 8.44. The summed E-state index contributed by atoms with van der Waals surface area (Å²) in [5.41, 5.74) is 0.0613. The highest BCUT2D eigenvalue weighted by Crippen LogP contribution is 2.15. The van der Waals surface area contributed by atoms with Crippen molar-refractivity contribution in [1.82, 2.24) is 15.5 Å². The Morgan fingerprint density at radius 1 is 1.39 bits per heavy atom. The lowest BCUT2D eigenvalue weighted by molar-refractivity contribution is 0.324. The summed E-state index contributed by atoms with van der Waals surface area (Å²) in [5.74, 6) is 1.67. The number of aliphatic imine (C=N–C) groups is 1. The molecule has 1 aliphatic heterocycles. The molecular weight excluding hydrogens is 224 g/mol. The Labute approximate surface area is 112 Å². The third-order valence-electron chi connectivity index (χ3n) is 3.18. The van der Waals surface area contributed by atoms with Crippen molar-refractivity contribution in [3.8, 4) is 0 Å². The highest BCUT2D eigenvalue weighted by Gasteiger charge is 2.22. The van der Waals surface area contributed by atoms with E-state index < -0.39 is 0 Å². The molecule has 0 aliphatic carbocycles. The van der Waals surface area contributed by atoms with Crippen LogP contribution in [0.2, 0.25) is 0 Å². The molecule has 1 heterocycles. The molecule has 4 heteroatoms. The Hall–Kier alpha value is -0.770. The molecule has 0 spiro atoms. The molecule has 1 unspecified atom stereocenters. The third kappa shape index (κ3) is 5.71. The Morgan fingerprint density at radius 3 is 2.67 bits per heavy atom. The molecule has 1 fully saturated rings. The van der Waals surface area contributed by atoms with Crippen molar-refractivity contribution in [2.24, 2.45) is 10.9 Å². The van der Waals surface area contributed by atoms with Crippen molar-refractivity contribution in [2.75, 3.05) is 33.2 Å². The monoisotopic (exact) mass is 254 g/mol. The first-order valence-corrected chi connectivity index (χ1v) is 7.15. The predicted octanol–water partition coefficient (Wildman–Crippen LogP) is 1.68. The van der Waals surface area contributed by atoms with Gasteiger partial charge in [-0.05, 0) is 52.6 Å². The third-order valence-corrected chi connectivity index (χ3v) is 3.18. The average molecular weight is 254 g/mol. The van der Waals surface area contributed by atoms with Crippen LogP contribution in [0, 0.1) is 5.92 Å². The van der Waals surface area contributed by atoms with Crippen LogP contribution in [0.3, 0.4) is 0 Å². The largest absolute Gasteiger partial charge is 0.356 e. The van der Waals surface area contributed by atoms with E-state index in [9.17, 15) is 0 Å². The van der Waals surface area contributed by atoms with Crippen molar-refractivity contribution in [3.05, 3.63) is 0 Å². The van der Waals surface area contributed by atoms with E-state index in [1.165, 1.54) is 32.5 Å². The fourth-order valence-corrected chi connectivity index (χ4v) is 2.37. The minimum Gasteiger partial charge on any atom is -0.356 e. The molecule has 1 rings (SSSR count). The molecular formula is C14H30N4. The van der Waals surface area contributed by atoms with Crippen LogP contribution in [0.4, 0.5) is 0 Å². The van der Waals surface area contributed by atoms with E-state index in [0.29, 0.717) is 0 Å². The summed E-state index contributed by atoms with van der Waals surface area (Å²) in [6.45, 7) is 13.5. The van der Waals surface area contributed by atoms with E-state index in [1.54, 1.807) is 0 Å². The Bertz CT molecular complexity index is 267. The van der Waals surface area contributed by atoms with Gasteiger partial charge in [-0.25, -0.2) is 0 Å². The Kier molecular flexibility index (Phi) is 5.93. The van der Waals surface area contributed by atoms with Crippen LogP contribution in [-0.2, 0) is 0 Å². The molecule has 2 N–H and O–H groups in total. The molecule has 0 aromatic rings. The summed E-state index contributed by atoms with van der Waals surface area (Å²) < 4.78 is 0. The average Bonchev–Trinajstić information content (AvgIpc) is 2.71. The summed E-state index contributed by atoms with van der Waals surface area (Å²) in [7, 11) is 1.83. The second-order valence-electron chi connectivity index (χ2n) is 6.28. The molecule has 0 radical (unpaired) electrons. The summed E-state index contributed by atoms with van der Waals surface area (Å²) in [5, 5.41) is 6.83. The molecule has 1 atom stereocenters. The Balaban J connectivity index is 2.28. The highest BCUT2D eigenvalue weighted by atomic mass is 15.2. The zero-order valence-corrected chi connectivity index (χ0v) is 12.7. The number of hydrogen-bond donors (Lipinski definition) is 2. The van der Waals surface area contributed by atoms with Gasteiger partial charge in [-0.2, -0.15) is 0 Å². The topological polar surface area (TPSA) is 39.7 Å². The predicted molar refractivity (Wildman–Crippen MR) is 79.1 cm³/mol. The van der Waals surface area contributed by atoms with Crippen LogP contribution >= 0.6 is 0 Å². The molecule has 1 saturated heterocycles. The second kappa shape index (κ2) is 6.98. The highest BCUT2D eigenvalue weighted by molar-refractivity contribution is 5.80. The lowest BCUT2D eigenvalue weighted by atomic mass is 10.1. The van der Waals surface area contributed by atoms with Crippen LogP contribution in [0.25, 0.3) is 0 Å². The number of likely N-dealkylation sites (tertiary alicyclic amines) is 1. The lowest BCUT2D eigenvalue weighted by Gasteiger charge is -2.24. The summed E-state index contributed by atoms with van der Waals surface area (Å²) in [6, 6.07) is 0. The van der Waals surface area contributed by atoms with Gasteiger partial charge in [-0.3, -0.25) is 4.99 Å². The van der Waals surface area contributed by atoms with Gasteiger partial charge in [0.2, 0.25) is 0 Å².